The molecule has 6 heteroatoms. The van der Waals surface area contributed by atoms with Crippen LogP contribution in [0.5, 0.6) is 0 Å². The zero-order chi connectivity index (χ0) is 20.9. The van der Waals surface area contributed by atoms with Crippen LogP contribution in [0, 0.1) is 5.92 Å². The fourth-order valence-corrected chi connectivity index (χ4v) is 6.29. The van der Waals surface area contributed by atoms with E-state index in [4.69, 9.17) is 9.47 Å². The Labute approximate surface area is 184 Å². The molecule has 2 atom stereocenters. The number of benzene rings is 1. The maximum atomic E-state index is 13.0. The molecule has 31 heavy (non-hydrogen) atoms. The van der Waals surface area contributed by atoms with Crippen LogP contribution in [0.1, 0.15) is 48.4 Å². The number of morpholine rings is 1. The van der Waals surface area contributed by atoms with Crippen LogP contribution < -0.4 is 0 Å². The summed E-state index contributed by atoms with van der Waals surface area (Å²) in [5.74, 6) is 1.48. The normalized spacial score (nSPS) is 26.7. The Hall–Kier alpha value is -1.89. The average molecular weight is 424 g/mol. The predicted octanol–water partition coefficient (Wildman–Crippen LogP) is 3.60. The lowest BCUT2D eigenvalue weighted by molar-refractivity contribution is 0.0330. The maximum absolute atomic E-state index is 13.0. The van der Waals surface area contributed by atoms with Crippen molar-refractivity contribution in [1.29, 1.82) is 0 Å². The smallest absolute Gasteiger partial charge is 0.418 e. The summed E-state index contributed by atoms with van der Waals surface area (Å²) in [5.41, 5.74) is 4.99. The number of hydrogen-bond donors (Lipinski definition) is 0. The van der Waals surface area contributed by atoms with Crippen molar-refractivity contribution < 1.29 is 14.3 Å². The van der Waals surface area contributed by atoms with Crippen LogP contribution in [0.2, 0.25) is 0 Å². The monoisotopic (exact) mass is 423 g/mol. The van der Waals surface area contributed by atoms with Crippen LogP contribution in [-0.4, -0.2) is 73.0 Å². The minimum atomic E-state index is -0.267. The molecule has 3 heterocycles. The number of methoxy groups -OCH3 is 1. The highest BCUT2D eigenvalue weighted by Crippen LogP contribution is 2.46. The minimum Gasteiger partial charge on any atom is -0.452 e. The number of hydrogen-bond acceptors (Lipinski definition) is 5. The molecule has 1 aromatic carbocycles. The topological polar surface area (TPSA) is 46.9 Å². The summed E-state index contributed by atoms with van der Waals surface area (Å²) in [6, 6.07) is 7.13. The van der Waals surface area contributed by atoms with Crippen LogP contribution >= 0.6 is 0 Å². The van der Waals surface area contributed by atoms with Crippen molar-refractivity contribution in [2.45, 2.75) is 50.6 Å². The van der Waals surface area contributed by atoms with Gasteiger partial charge in [0.15, 0.2) is 0 Å². The molecule has 3 fully saturated rings. The van der Waals surface area contributed by atoms with E-state index in [0.717, 1.165) is 56.4 Å². The molecule has 6 nitrogen and oxygen atoms in total. The largest absolute Gasteiger partial charge is 0.452 e. The van der Waals surface area contributed by atoms with Gasteiger partial charge in [-0.3, -0.25) is 9.80 Å². The lowest BCUT2D eigenvalue weighted by atomic mass is 9.74. The summed E-state index contributed by atoms with van der Waals surface area (Å²) in [4.78, 5) is 18.2. The number of piperidine rings is 1. The maximum Gasteiger partial charge on any atom is 0.418 e. The number of aromatic nitrogens is 1. The third-order valence-corrected chi connectivity index (χ3v) is 7.97. The van der Waals surface area contributed by atoms with Gasteiger partial charge in [0.05, 0.1) is 25.8 Å². The van der Waals surface area contributed by atoms with E-state index >= 15 is 0 Å². The van der Waals surface area contributed by atoms with E-state index < -0.39 is 0 Å². The van der Waals surface area contributed by atoms with E-state index in [9.17, 15) is 4.79 Å². The van der Waals surface area contributed by atoms with Gasteiger partial charge in [-0.15, -0.1) is 0 Å². The molecule has 2 saturated heterocycles. The van der Waals surface area contributed by atoms with Gasteiger partial charge >= 0.3 is 6.09 Å². The van der Waals surface area contributed by atoms with Gasteiger partial charge in [-0.25, -0.2) is 9.36 Å². The zero-order valence-electron chi connectivity index (χ0n) is 18.5. The van der Waals surface area contributed by atoms with Gasteiger partial charge < -0.3 is 9.47 Å². The molecule has 2 aliphatic heterocycles. The van der Waals surface area contributed by atoms with E-state index in [1.54, 1.807) is 0 Å². The second-order valence-electron chi connectivity index (χ2n) is 9.82. The van der Waals surface area contributed by atoms with Gasteiger partial charge in [0.1, 0.15) is 0 Å². The van der Waals surface area contributed by atoms with Crippen molar-refractivity contribution >= 4 is 17.0 Å². The Morgan fingerprint density at radius 3 is 2.77 bits per heavy atom. The Kier molecular flexibility index (Phi) is 5.04. The zero-order valence-corrected chi connectivity index (χ0v) is 18.5. The van der Waals surface area contributed by atoms with Crippen LogP contribution in [0.3, 0.4) is 0 Å². The Balaban J connectivity index is 1.47. The van der Waals surface area contributed by atoms with Crippen molar-refractivity contribution in [3.8, 4) is 0 Å². The molecule has 2 aliphatic carbocycles. The first kappa shape index (κ1) is 19.8. The highest BCUT2D eigenvalue weighted by Gasteiger charge is 2.41. The molecule has 0 amide bonds. The van der Waals surface area contributed by atoms with Crippen LogP contribution in [0.25, 0.3) is 10.9 Å². The molecule has 0 spiro atoms. The highest BCUT2D eigenvalue weighted by atomic mass is 16.5. The molecule has 166 valence electrons. The van der Waals surface area contributed by atoms with Crippen molar-refractivity contribution in [3.63, 3.8) is 0 Å². The third kappa shape index (κ3) is 3.40. The Morgan fingerprint density at radius 1 is 1.16 bits per heavy atom. The van der Waals surface area contributed by atoms with Crippen LogP contribution in [0.15, 0.2) is 18.2 Å². The molecular formula is C25H33N3O3. The van der Waals surface area contributed by atoms with E-state index in [1.807, 2.05) is 4.57 Å². The van der Waals surface area contributed by atoms with Gasteiger partial charge in [0, 0.05) is 49.2 Å². The third-order valence-electron chi connectivity index (χ3n) is 7.97. The molecule has 0 bridgehead atoms. The van der Waals surface area contributed by atoms with E-state index in [-0.39, 0.29) is 6.09 Å². The number of rotatable bonds is 4. The Bertz CT molecular complexity index is 990. The first-order valence-electron chi connectivity index (χ1n) is 12.0. The predicted molar refractivity (Wildman–Crippen MR) is 120 cm³/mol. The summed E-state index contributed by atoms with van der Waals surface area (Å²) >= 11 is 0. The first-order chi connectivity index (χ1) is 15.2. The summed E-state index contributed by atoms with van der Waals surface area (Å²) in [6.07, 6.45) is 6.11. The van der Waals surface area contributed by atoms with Crippen molar-refractivity contribution in [2.75, 3.05) is 46.5 Å². The second-order valence-corrected chi connectivity index (χ2v) is 9.82. The molecule has 0 unspecified atom stereocenters. The van der Waals surface area contributed by atoms with E-state index in [1.165, 1.54) is 62.4 Å². The summed E-state index contributed by atoms with van der Waals surface area (Å²) in [7, 11) is 1.49. The molecular weight excluding hydrogens is 390 g/mol. The molecule has 0 radical (unpaired) electrons. The lowest BCUT2D eigenvalue weighted by Gasteiger charge is -2.44. The number of carbonyl (C=O) groups is 1. The van der Waals surface area contributed by atoms with Crippen molar-refractivity contribution in [2.24, 2.45) is 5.92 Å². The molecule has 4 aliphatic rings. The van der Waals surface area contributed by atoms with Gasteiger partial charge in [-0.1, -0.05) is 12.1 Å². The molecule has 2 aromatic rings. The number of ether oxygens (including phenoxy) is 2. The SMILES string of the molecule is COC(=O)n1c(CN2CCOCC2)c2c3c(cccc31)[C@H]1CCCN(CC3CC3)[C@@H]1C2. The summed E-state index contributed by atoms with van der Waals surface area (Å²) in [6.45, 7) is 6.60. The molecule has 1 aromatic heterocycles. The van der Waals surface area contributed by atoms with E-state index in [0.29, 0.717) is 12.0 Å². The quantitative estimate of drug-likeness (QED) is 0.752. The molecule has 1 saturated carbocycles. The summed E-state index contributed by atoms with van der Waals surface area (Å²) in [5, 5.41) is 1.32. The number of carbonyl (C=O) groups excluding carboxylic acids is 1. The fourth-order valence-electron chi connectivity index (χ4n) is 6.29. The van der Waals surface area contributed by atoms with Gasteiger partial charge in [-0.2, -0.15) is 0 Å². The summed E-state index contributed by atoms with van der Waals surface area (Å²) < 4.78 is 12.7. The van der Waals surface area contributed by atoms with Gasteiger partial charge in [0.25, 0.3) is 0 Å². The number of likely N-dealkylation sites (tertiary alicyclic amines) is 1. The average Bonchev–Trinajstić information content (AvgIpc) is 3.57. The lowest BCUT2D eigenvalue weighted by Crippen LogP contribution is -2.47. The fraction of sp³-hybridized carbons (Fsp3) is 0.640. The van der Waals surface area contributed by atoms with Crippen molar-refractivity contribution in [1.82, 2.24) is 14.4 Å². The Morgan fingerprint density at radius 2 is 2.00 bits per heavy atom. The van der Waals surface area contributed by atoms with E-state index in [2.05, 4.69) is 28.0 Å². The minimum absolute atomic E-state index is 0.267. The standard InChI is InChI=1S/C25H33N3O3/c1-30-25(29)28-21-6-2-4-19-18-5-3-9-27(15-17-7-8-17)22(18)14-20(24(19)21)23(28)16-26-10-12-31-13-11-26/h2,4,6,17-18,22H,3,5,7-16H2,1H3/t18-,22-/m1/s1. The van der Waals surface area contributed by atoms with Crippen LogP contribution in [-0.2, 0) is 22.4 Å². The van der Waals surface area contributed by atoms with Gasteiger partial charge in [0.2, 0.25) is 0 Å². The molecule has 6 rings (SSSR count). The number of fused-ring (bicyclic) bond motifs is 2. The number of nitrogens with zero attached hydrogens (tertiary/aromatic N) is 3. The second kappa shape index (κ2) is 7.91. The molecule has 0 N–H and O–H groups in total. The van der Waals surface area contributed by atoms with Gasteiger partial charge in [-0.05, 0) is 61.8 Å². The highest BCUT2D eigenvalue weighted by molar-refractivity contribution is 5.96. The van der Waals surface area contributed by atoms with Crippen molar-refractivity contribution in [3.05, 3.63) is 35.0 Å². The first-order valence-corrected chi connectivity index (χ1v) is 12.0. The van der Waals surface area contributed by atoms with Crippen LogP contribution in [0.4, 0.5) is 4.79 Å².